The van der Waals surface area contributed by atoms with Crippen molar-refractivity contribution < 1.29 is 0 Å². The lowest BCUT2D eigenvalue weighted by Gasteiger charge is -2.10. The summed E-state index contributed by atoms with van der Waals surface area (Å²) in [5, 5.41) is 4.20. The van der Waals surface area contributed by atoms with Gasteiger partial charge in [0.2, 0.25) is 0 Å². The number of benzene rings is 1. The van der Waals surface area contributed by atoms with Crippen LogP contribution in [0.15, 0.2) is 35.6 Å². The van der Waals surface area contributed by atoms with Crippen molar-refractivity contribution in [3.05, 3.63) is 47.3 Å². The number of hydrogen-bond donors (Lipinski definition) is 1. The van der Waals surface area contributed by atoms with Crippen LogP contribution in [-0.2, 0) is 12.2 Å². The van der Waals surface area contributed by atoms with E-state index in [2.05, 4.69) is 53.4 Å². The van der Waals surface area contributed by atoms with Gasteiger partial charge >= 0.3 is 0 Å². The van der Waals surface area contributed by atoms with E-state index in [4.69, 9.17) is 0 Å². The maximum Gasteiger partial charge on any atom is 0.133 e. The Labute approximate surface area is 118 Å². The van der Waals surface area contributed by atoms with E-state index in [9.17, 15) is 0 Å². The standard InChI is InChI=1S/C15H19N3S/c1-4-13-14(16-3)17-10-18-15(13)19-9-12-7-5-6-11(2)8-12/h5-8,10H,4,9H2,1-3H3,(H,16,17,18). The Morgan fingerprint density at radius 3 is 2.79 bits per heavy atom. The topological polar surface area (TPSA) is 37.8 Å². The normalized spacial score (nSPS) is 10.5. The van der Waals surface area contributed by atoms with E-state index in [-0.39, 0.29) is 0 Å². The molecule has 1 aromatic heterocycles. The van der Waals surface area contributed by atoms with Crippen LogP contribution >= 0.6 is 11.8 Å². The summed E-state index contributed by atoms with van der Waals surface area (Å²) in [6.45, 7) is 4.26. The minimum absolute atomic E-state index is 0.934. The molecule has 0 radical (unpaired) electrons. The molecule has 2 aromatic rings. The molecular weight excluding hydrogens is 254 g/mol. The Hall–Kier alpha value is -1.55. The Kier molecular flexibility index (Phi) is 4.80. The van der Waals surface area contributed by atoms with Crippen LogP contribution in [0.1, 0.15) is 23.6 Å². The zero-order valence-electron chi connectivity index (χ0n) is 11.6. The second-order valence-electron chi connectivity index (χ2n) is 4.39. The predicted octanol–water partition coefficient (Wildman–Crippen LogP) is 3.68. The highest BCUT2D eigenvalue weighted by Crippen LogP contribution is 2.28. The van der Waals surface area contributed by atoms with Gasteiger partial charge in [-0.2, -0.15) is 0 Å². The second kappa shape index (κ2) is 6.57. The monoisotopic (exact) mass is 273 g/mol. The Morgan fingerprint density at radius 1 is 1.26 bits per heavy atom. The molecule has 0 bridgehead atoms. The summed E-state index contributed by atoms with van der Waals surface area (Å²) in [6, 6.07) is 8.60. The van der Waals surface area contributed by atoms with Gasteiger partial charge in [0, 0.05) is 18.4 Å². The molecule has 0 aliphatic heterocycles. The highest BCUT2D eigenvalue weighted by atomic mass is 32.2. The first-order valence-corrected chi connectivity index (χ1v) is 7.43. The molecule has 0 aliphatic carbocycles. The van der Waals surface area contributed by atoms with Crippen LogP contribution in [0.2, 0.25) is 0 Å². The fourth-order valence-electron chi connectivity index (χ4n) is 2.01. The first-order chi connectivity index (χ1) is 9.24. The van der Waals surface area contributed by atoms with Crippen LogP contribution < -0.4 is 5.32 Å². The van der Waals surface area contributed by atoms with Gasteiger partial charge in [0.1, 0.15) is 17.2 Å². The van der Waals surface area contributed by atoms with Crippen molar-refractivity contribution in [3.8, 4) is 0 Å². The maximum atomic E-state index is 4.41. The van der Waals surface area contributed by atoms with E-state index in [1.54, 1.807) is 18.1 Å². The SMILES string of the molecule is CCc1c(NC)ncnc1SCc1cccc(C)c1. The lowest BCUT2D eigenvalue weighted by Crippen LogP contribution is -2.01. The summed E-state index contributed by atoms with van der Waals surface area (Å²) in [5.74, 6) is 1.87. The highest BCUT2D eigenvalue weighted by molar-refractivity contribution is 7.98. The van der Waals surface area contributed by atoms with Crippen LogP contribution in [0.5, 0.6) is 0 Å². The number of nitrogens with zero attached hydrogens (tertiary/aromatic N) is 2. The molecule has 0 aliphatic rings. The van der Waals surface area contributed by atoms with Gasteiger partial charge in [-0.15, -0.1) is 11.8 Å². The fourth-order valence-corrected chi connectivity index (χ4v) is 3.03. The van der Waals surface area contributed by atoms with E-state index >= 15 is 0 Å². The van der Waals surface area contributed by atoms with Crippen molar-refractivity contribution in [2.45, 2.75) is 31.0 Å². The third-order valence-electron chi connectivity index (χ3n) is 2.95. The Balaban J connectivity index is 2.15. The molecule has 2 rings (SSSR count). The number of hydrogen-bond acceptors (Lipinski definition) is 4. The second-order valence-corrected chi connectivity index (χ2v) is 5.35. The lowest BCUT2D eigenvalue weighted by molar-refractivity contribution is 0.946. The zero-order chi connectivity index (χ0) is 13.7. The summed E-state index contributed by atoms with van der Waals surface area (Å²) in [7, 11) is 1.90. The van der Waals surface area contributed by atoms with Crippen LogP contribution in [-0.4, -0.2) is 17.0 Å². The number of aryl methyl sites for hydroxylation is 1. The van der Waals surface area contributed by atoms with Crippen molar-refractivity contribution in [2.24, 2.45) is 0 Å². The number of anilines is 1. The van der Waals surface area contributed by atoms with Gasteiger partial charge in [0.25, 0.3) is 0 Å². The quantitative estimate of drug-likeness (QED) is 0.666. The van der Waals surface area contributed by atoms with E-state index in [1.807, 2.05) is 7.05 Å². The molecule has 0 saturated heterocycles. The van der Waals surface area contributed by atoms with Crippen molar-refractivity contribution in [1.29, 1.82) is 0 Å². The van der Waals surface area contributed by atoms with Crippen molar-refractivity contribution in [2.75, 3.05) is 12.4 Å². The molecule has 3 nitrogen and oxygen atoms in total. The van der Waals surface area contributed by atoms with Crippen molar-refractivity contribution >= 4 is 17.6 Å². The molecule has 0 spiro atoms. The summed E-state index contributed by atoms with van der Waals surface area (Å²) in [5.41, 5.74) is 3.83. The summed E-state index contributed by atoms with van der Waals surface area (Å²) < 4.78 is 0. The molecule has 0 amide bonds. The molecule has 0 unspecified atom stereocenters. The van der Waals surface area contributed by atoms with Gasteiger partial charge in [-0.05, 0) is 18.9 Å². The summed E-state index contributed by atoms with van der Waals surface area (Å²) in [6.07, 6.45) is 2.57. The van der Waals surface area contributed by atoms with Gasteiger partial charge in [-0.1, -0.05) is 36.8 Å². The molecule has 0 atom stereocenters. The van der Waals surface area contributed by atoms with Gasteiger partial charge in [0.05, 0.1) is 0 Å². The Morgan fingerprint density at radius 2 is 2.11 bits per heavy atom. The Bertz CT molecular complexity index is 555. The molecule has 1 N–H and O–H groups in total. The molecule has 0 fully saturated rings. The van der Waals surface area contributed by atoms with Gasteiger partial charge in [-0.25, -0.2) is 9.97 Å². The number of thioether (sulfide) groups is 1. The van der Waals surface area contributed by atoms with Crippen LogP contribution in [0.25, 0.3) is 0 Å². The van der Waals surface area contributed by atoms with Crippen LogP contribution in [0.4, 0.5) is 5.82 Å². The largest absolute Gasteiger partial charge is 0.373 e. The predicted molar refractivity (Wildman–Crippen MR) is 81.7 cm³/mol. The van der Waals surface area contributed by atoms with E-state index < -0.39 is 0 Å². The van der Waals surface area contributed by atoms with Crippen LogP contribution in [0, 0.1) is 6.92 Å². The number of rotatable bonds is 5. The number of aromatic nitrogens is 2. The molecule has 0 saturated carbocycles. The molecule has 1 heterocycles. The summed E-state index contributed by atoms with van der Waals surface area (Å²) >= 11 is 1.77. The summed E-state index contributed by atoms with van der Waals surface area (Å²) in [4.78, 5) is 8.67. The first kappa shape index (κ1) is 13.9. The van der Waals surface area contributed by atoms with Gasteiger partial charge < -0.3 is 5.32 Å². The minimum atomic E-state index is 0.934. The highest BCUT2D eigenvalue weighted by Gasteiger charge is 2.09. The molecule has 100 valence electrons. The van der Waals surface area contributed by atoms with Crippen molar-refractivity contribution in [1.82, 2.24) is 9.97 Å². The average Bonchev–Trinajstić information content (AvgIpc) is 2.44. The minimum Gasteiger partial charge on any atom is -0.373 e. The van der Waals surface area contributed by atoms with E-state index in [1.165, 1.54) is 16.7 Å². The smallest absolute Gasteiger partial charge is 0.133 e. The molecular formula is C15H19N3S. The molecule has 19 heavy (non-hydrogen) atoms. The third-order valence-corrected chi connectivity index (χ3v) is 4.06. The van der Waals surface area contributed by atoms with Crippen LogP contribution in [0.3, 0.4) is 0 Å². The molecule has 1 aromatic carbocycles. The average molecular weight is 273 g/mol. The first-order valence-electron chi connectivity index (χ1n) is 6.44. The van der Waals surface area contributed by atoms with E-state index in [0.29, 0.717) is 0 Å². The fraction of sp³-hybridized carbons (Fsp3) is 0.333. The number of nitrogens with one attached hydrogen (secondary N) is 1. The molecule has 4 heteroatoms. The van der Waals surface area contributed by atoms with Crippen molar-refractivity contribution in [3.63, 3.8) is 0 Å². The van der Waals surface area contributed by atoms with Gasteiger partial charge in [-0.3, -0.25) is 0 Å². The lowest BCUT2D eigenvalue weighted by atomic mass is 10.2. The van der Waals surface area contributed by atoms with Gasteiger partial charge in [0.15, 0.2) is 0 Å². The third kappa shape index (κ3) is 3.47. The zero-order valence-corrected chi connectivity index (χ0v) is 12.4. The van der Waals surface area contributed by atoms with E-state index in [0.717, 1.165) is 23.0 Å². The maximum absolute atomic E-state index is 4.41.